The van der Waals surface area contributed by atoms with E-state index in [0.29, 0.717) is 23.3 Å². The van der Waals surface area contributed by atoms with E-state index in [-0.39, 0.29) is 12.1 Å². The second-order valence-electron chi connectivity index (χ2n) is 7.87. The van der Waals surface area contributed by atoms with Gasteiger partial charge in [0.15, 0.2) is 5.82 Å². The molecule has 0 saturated heterocycles. The van der Waals surface area contributed by atoms with E-state index in [1.165, 1.54) is 0 Å². The van der Waals surface area contributed by atoms with Gasteiger partial charge in [-0.15, -0.1) is 0 Å². The van der Waals surface area contributed by atoms with Crippen molar-refractivity contribution in [2.75, 3.05) is 24.7 Å². The van der Waals surface area contributed by atoms with Crippen molar-refractivity contribution in [3.05, 3.63) is 12.1 Å². The number of carbonyl (C=O) groups is 1. The van der Waals surface area contributed by atoms with Crippen LogP contribution < -0.4 is 21.1 Å². The number of rotatable bonds is 6. The molecule has 2 rings (SSSR count). The summed E-state index contributed by atoms with van der Waals surface area (Å²) in [5.41, 5.74) is 6.10. The van der Waals surface area contributed by atoms with E-state index in [1.54, 1.807) is 19.2 Å². The highest BCUT2D eigenvalue weighted by molar-refractivity contribution is 5.68. The van der Waals surface area contributed by atoms with Gasteiger partial charge in [-0.2, -0.15) is 4.98 Å². The van der Waals surface area contributed by atoms with Crippen molar-refractivity contribution in [3.8, 4) is 5.88 Å². The van der Waals surface area contributed by atoms with E-state index < -0.39 is 5.60 Å². The molecule has 0 bridgehead atoms. The summed E-state index contributed by atoms with van der Waals surface area (Å²) < 4.78 is 10.5. The quantitative estimate of drug-likeness (QED) is 0.714. The van der Waals surface area contributed by atoms with Gasteiger partial charge in [-0.25, -0.2) is 4.79 Å². The standard InChI is InChI=1S/C19H32N4O3/c1-19(2,3)26-18(24)22-14-7-5-13(6-8-14)11-12-21-17-15(20)9-10-16(23-17)25-4/h9-10,13-14H,5-8,11-12,20H2,1-4H3,(H,21,23)(H,22,24)/t13-,14-. The smallest absolute Gasteiger partial charge is 0.407 e. The van der Waals surface area contributed by atoms with Crippen LogP contribution in [-0.4, -0.2) is 36.4 Å². The van der Waals surface area contributed by atoms with Gasteiger partial charge in [0.05, 0.1) is 12.8 Å². The van der Waals surface area contributed by atoms with Gasteiger partial charge in [0.25, 0.3) is 0 Å². The first-order valence-electron chi connectivity index (χ1n) is 9.30. The van der Waals surface area contributed by atoms with Crippen molar-refractivity contribution in [1.82, 2.24) is 10.3 Å². The number of methoxy groups -OCH3 is 1. The average Bonchev–Trinajstić information content (AvgIpc) is 2.56. The van der Waals surface area contributed by atoms with E-state index in [0.717, 1.165) is 38.6 Å². The SMILES string of the molecule is COc1ccc(N)c(NCC[C@H]2CC[C@H](NC(=O)OC(C)(C)C)CC2)n1. The first-order valence-corrected chi connectivity index (χ1v) is 9.30. The van der Waals surface area contributed by atoms with Crippen molar-refractivity contribution >= 4 is 17.6 Å². The molecule has 7 nitrogen and oxygen atoms in total. The fraction of sp³-hybridized carbons (Fsp3) is 0.684. The Labute approximate surface area is 156 Å². The number of nitrogens with two attached hydrogens (primary N) is 1. The summed E-state index contributed by atoms with van der Waals surface area (Å²) in [4.78, 5) is 16.2. The molecule has 0 radical (unpaired) electrons. The Morgan fingerprint density at radius 1 is 1.27 bits per heavy atom. The highest BCUT2D eigenvalue weighted by Crippen LogP contribution is 2.27. The molecule has 146 valence electrons. The molecule has 1 fully saturated rings. The monoisotopic (exact) mass is 364 g/mol. The zero-order chi connectivity index (χ0) is 19.2. The highest BCUT2D eigenvalue weighted by Gasteiger charge is 2.24. The maximum absolute atomic E-state index is 11.8. The number of nitrogen functional groups attached to an aromatic ring is 1. The zero-order valence-electron chi connectivity index (χ0n) is 16.3. The number of aromatic nitrogens is 1. The Morgan fingerprint density at radius 2 is 1.96 bits per heavy atom. The largest absolute Gasteiger partial charge is 0.481 e. The van der Waals surface area contributed by atoms with Crippen molar-refractivity contribution in [2.45, 2.75) is 64.5 Å². The molecular weight excluding hydrogens is 332 g/mol. The maximum Gasteiger partial charge on any atom is 0.407 e. The predicted molar refractivity (Wildman–Crippen MR) is 103 cm³/mol. The molecule has 0 unspecified atom stereocenters. The molecule has 0 spiro atoms. The fourth-order valence-electron chi connectivity index (χ4n) is 3.17. The number of nitrogens with one attached hydrogen (secondary N) is 2. The summed E-state index contributed by atoms with van der Waals surface area (Å²) in [6.07, 6.45) is 4.92. The Bertz CT molecular complexity index is 593. The number of alkyl carbamates (subject to hydrolysis) is 1. The van der Waals surface area contributed by atoms with Crippen molar-refractivity contribution in [2.24, 2.45) is 5.92 Å². The van der Waals surface area contributed by atoms with E-state index in [2.05, 4.69) is 15.6 Å². The fourth-order valence-corrected chi connectivity index (χ4v) is 3.17. The van der Waals surface area contributed by atoms with Gasteiger partial charge in [-0.1, -0.05) is 0 Å². The number of amides is 1. The Balaban J connectivity index is 1.68. The van der Waals surface area contributed by atoms with Gasteiger partial charge >= 0.3 is 6.09 Å². The molecule has 1 amide bonds. The van der Waals surface area contributed by atoms with Gasteiger partial charge in [-0.05, 0) is 64.9 Å². The predicted octanol–water partition coefficient (Wildman–Crippen LogP) is 3.56. The van der Waals surface area contributed by atoms with Crippen LogP contribution in [0.15, 0.2) is 12.1 Å². The van der Waals surface area contributed by atoms with Crippen LogP contribution in [0.1, 0.15) is 52.9 Å². The van der Waals surface area contributed by atoms with Crippen LogP contribution >= 0.6 is 0 Å². The highest BCUT2D eigenvalue weighted by atomic mass is 16.6. The third-order valence-corrected chi connectivity index (χ3v) is 4.52. The number of hydrogen-bond donors (Lipinski definition) is 3. The van der Waals surface area contributed by atoms with Gasteiger partial charge in [0.2, 0.25) is 5.88 Å². The molecule has 4 N–H and O–H groups in total. The number of pyridine rings is 1. The molecule has 1 aliphatic rings. The van der Waals surface area contributed by atoms with Crippen LogP contribution in [0.3, 0.4) is 0 Å². The summed E-state index contributed by atoms with van der Waals surface area (Å²) in [5.74, 6) is 1.87. The van der Waals surface area contributed by atoms with E-state index in [4.69, 9.17) is 15.2 Å². The topological polar surface area (TPSA) is 98.5 Å². The van der Waals surface area contributed by atoms with Crippen molar-refractivity contribution < 1.29 is 14.3 Å². The molecule has 1 aliphatic carbocycles. The summed E-state index contributed by atoms with van der Waals surface area (Å²) in [6, 6.07) is 3.76. The van der Waals surface area contributed by atoms with E-state index >= 15 is 0 Å². The number of ether oxygens (including phenoxy) is 2. The van der Waals surface area contributed by atoms with Gasteiger partial charge in [0, 0.05) is 18.7 Å². The average molecular weight is 364 g/mol. The van der Waals surface area contributed by atoms with Gasteiger partial charge in [-0.3, -0.25) is 0 Å². The Hall–Kier alpha value is -2.18. The zero-order valence-corrected chi connectivity index (χ0v) is 16.3. The molecule has 26 heavy (non-hydrogen) atoms. The lowest BCUT2D eigenvalue weighted by molar-refractivity contribution is 0.0487. The normalized spacial score (nSPS) is 20.3. The first kappa shape index (κ1) is 20.1. The van der Waals surface area contributed by atoms with Crippen LogP contribution in [0.4, 0.5) is 16.3 Å². The second-order valence-corrected chi connectivity index (χ2v) is 7.87. The van der Waals surface area contributed by atoms with Crippen LogP contribution in [0.25, 0.3) is 0 Å². The maximum atomic E-state index is 11.8. The number of anilines is 2. The molecule has 0 atom stereocenters. The molecule has 1 saturated carbocycles. The lowest BCUT2D eigenvalue weighted by Gasteiger charge is -2.30. The molecular formula is C19H32N4O3. The van der Waals surface area contributed by atoms with Crippen LogP contribution in [0.5, 0.6) is 5.88 Å². The minimum Gasteiger partial charge on any atom is -0.481 e. The van der Waals surface area contributed by atoms with Crippen LogP contribution in [-0.2, 0) is 4.74 Å². The molecule has 1 aromatic heterocycles. The van der Waals surface area contributed by atoms with Gasteiger partial charge in [0.1, 0.15) is 5.60 Å². The molecule has 7 heteroatoms. The Kier molecular flexibility index (Phi) is 6.94. The molecule has 0 aliphatic heterocycles. The summed E-state index contributed by atoms with van der Waals surface area (Å²) in [7, 11) is 1.59. The Morgan fingerprint density at radius 3 is 2.58 bits per heavy atom. The minimum absolute atomic E-state index is 0.213. The summed E-state index contributed by atoms with van der Waals surface area (Å²) >= 11 is 0. The number of carbonyl (C=O) groups excluding carboxylic acids is 1. The van der Waals surface area contributed by atoms with Crippen LogP contribution in [0, 0.1) is 5.92 Å². The lowest BCUT2D eigenvalue weighted by atomic mass is 9.84. The van der Waals surface area contributed by atoms with Gasteiger partial charge < -0.3 is 25.8 Å². The second kappa shape index (κ2) is 8.96. The molecule has 1 aromatic rings. The summed E-state index contributed by atoms with van der Waals surface area (Å²) in [5, 5.41) is 6.28. The van der Waals surface area contributed by atoms with Crippen molar-refractivity contribution in [1.29, 1.82) is 0 Å². The summed E-state index contributed by atoms with van der Waals surface area (Å²) in [6.45, 7) is 6.44. The number of nitrogens with zero attached hydrogens (tertiary/aromatic N) is 1. The van der Waals surface area contributed by atoms with Crippen LogP contribution in [0.2, 0.25) is 0 Å². The lowest BCUT2D eigenvalue weighted by Crippen LogP contribution is -2.41. The molecule has 0 aromatic carbocycles. The van der Waals surface area contributed by atoms with Crippen molar-refractivity contribution in [3.63, 3.8) is 0 Å². The third kappa shape index (κ3) is 6.61. The van der Waals surface area contributed by atoms with E-state index in [9.17, 15) is 4.79 Å². The first-order chi connectivity index (χ1) is 12.3. The third-order valence-electron chi connectivity index (χ3n) is 4.52. The molecule has 1 heterocycles. The minimum atomic E-state index is -0.455. The number of hydrogen-bond acceptors (Lipinski definition) is 6. The van der Waals surface area contributed by atoms with E-state index in [1.807, 2.05) is 20.8 Å².